The first-order valence-corrected chi connectivity index (χ1v) is 7.99. The Morgan fingerprint density at radius 3 is 2.39 bits per heavy atom. The Balaban J connectivity index is 2.30. The number of hydrogen-bond donors (Lipinski definition) is 0. The van der Waals surface area contributed by atoms with Crippen LogP contribution >= 0.6 is 0 Å². The van der Waals surface area contributed by atoms with Crippen molar-refractivity contribution in [1.82, 2.24) is 14.7 Å². The van der Waals surface area contributed by atoms with Crippen molar-refractivity contribution in [3.05, 3.63) is 17.5 Å². The van der Waals surface area contributed by atoms with Crippen molar-refractivity contribution in [3.8, 4) is 0 Å². The van der Waals surface area contributed by atoms with Gasteiger partial charge in [0.2, 0.25) is 0 Å². The summed E-state index contributed by atoms with van der Waals surface area (Å²) >= 11 is 0. The average Bonchev–Trinajstić information content (AvgIpc) is 3.13. The Hall–Kier alpha value is -1.53. The molecular weight excluding hydrogens is 307 g/mol. The zero-order valence-corrected chi connectivity index (χ0v) is 14.1. The van der Waals surface area contributed by atoms with Crippen LogP contribution in [0.3, 0.4) is 0 Å². The van der Waals surface area contributed by atoms with E-state index >= 15 is 0 Å². The number of aromatic nitrogens is 2. The second-order valence-electron chi connectivity index (χ2n) is 7.15. The Kier molecular flexibility index (Phi) is 4.78. The lowest BCUT2D eigenvalue weighted by molar-refractivity contribution is -0.140. The monoisotopic (exact) mass is 331 g/mol. The maximum Gasteiger partial charge on any atom is 0.406 e. The van der Waals surface area contributed by atoms with Crippen LogP contribution in [0.4, 0.5) is 13.2 Å². The molecule has 0 radical (unpaired) electrons. The number of carbonyl (C=O) groups excluding carboxylic acids is 1. The number of hydrogen-bond acceptors (Lipinski definition) is 2. The number of carbonyl (C=O) groups is 1. The van der Waals surface area contributed by atoms with Gasteiger partial charge in [0.1, 0.15) is 6.54 Å². The number of rotatable bonds is 5. The quantitative estimate of drug-likeness (QED) is 0.820. The van der Waals surface area contributed by atoms with Gasteiger partial charge in [-0.15, -0.1) is 0 Å². The molecule has 0 aliphatic heterocycles. The molecule has 0 spiro atoms. The highest BCUT2D eigenvalue weighted by molar-refractivity contribution is 5.92. The molecule has 4 nitrogen and oxygen atoms in total. The van der Waals surface area contributed by atoms with Gasteiger partial charge in [-0.1, -0.05) is 6.92 Å². The van der Waals surface area contributed by atoms with Gasteiger partial charge in [0, 0.05) is 18.2 Å². The minimum atomic E-state index is -4.41. The fourth-order valence-corrected chi connectivity index (χ4v) is 2.61. The summed E-state index contributed by atoms with van der Waals surface area (Å²) in [5.74, 6) is -0.278. The molecule has 2 rings (SSSR count). The maximum atomic E-state index is 12.7. The van der Waals surface area contributed by atoms with E-state index in [1.807, 2.05) is 20.8 Å². The van der Waals surface area contributed by atoms with Crippen LogP contribution in [0.2, 0.25) is 0 Å². The molecule has 0 bridgehead atoms. The number of halogens is 3. The van der Waals surface area contributed by atoms with Crippen molar-refractivity contribution in [3.63, 3.8) is 0 Å². The molecule has 1 heterocycles. The van der Waals surface area contributed by atoms with Crippen LogP contribution in [0.5, 0.6) is 0 Å². The molecule has 1 aliphatic rings. The lowest BCUT2D eigenvalue weighted by atomic mass is 10.1. The van der Waals surface area contributed by atoms with Crippen LogP contribution in [0.15, 0.2) is 6.07 Å². The second-order valence-corrected chi connectivity index (χ2v) is 7.15. The minimum absolute atomic E-state index is 0.0689. The third kappa shape index (κ3) is 4.48. The molecule has 130 valence electrons. The lowest BCUT2D eigenvalue weighted by Crippen LogP contribution is -2.39. The summed E-state index contributed by atoms with van der Waals surface area (Å²) in [5, 5.41) is 4.33. The van der Waals surface area contributed by atoms with Gasteiger partial charge in [-0.2, -0.15) is 18.3 Å². The van der Waals surface area contributed by atoms with E-state index in [0.717, 1.165) is 23.4 Å². The van der Waals surface area contributed by atoms with E-state index in [1.54, 1.807) is 17.7 Å². The molecule has 23 heavy (non-hydrogen) atoms. The van der Waals surface area contributed by atoms with Crippen LogP contribution in [-0.4, -0.2) is 39.9 Å². The van der Waals surface area contributed by atoms with Crippen molar-refractivity contribution in [2.75, 3.05) is 13.1 Å². The van der Waals surface area contributed by atoms with Gasteiger partial charge in [-0.3, -0.25) is 9.48 Å². The van der Waals surface area contributed by atoms with E-state index in [0.29, 0.717) is 12.3 Å². The molecule has 1 saturated carbocycles. The first kappa shape index (κ1) is 17.8. The van der Waals surface area contributed by atoms with Crippen LogP contribution < -0.4 is 0 Å². The molecule has 7 heteroatoms. The molecule has 1 aromatic rings. The first-order chi connectivity index (χ1) is 10.5. The second kappa shape index (κ2) is 6.17. The Bertz CT molecular complexity index is 568. The van der Waals surface area contributed by atoms with Gasteiger partial charge in [-0.25, -0.2) is 0 Å². The lowest BCUT2D eigenvalue weighted by Gasteiger charge is -2.23. The van der Waals surface area contributed by atoms with Crippen molar-refractivity contribution in [1.29, 1.82) is 0 Å². The highest BCUT2D eigenvalue weighted by Gasteiger charge is 2.36. The molecule has 1 fully saturated rings. The Morgan fingerprint density at radius 2 is 1.96 bits per heavy atom. The van der Waals surface area contributed by atoms with Crippen molar-refractivity contribution < 1.29 is 18.0 Å². The summed E-state index contributed by atoms with van der Waals surface area (Å²) < 4.78 is 39.9. The molecular formula is C16H24F3N3O. The topological polar surface area (TPSA) is 38.1 Å². The normalized spacial score (nSPS) is 15.8. The summed E-state index contributed by atoms with van der Waals surface area (Å²) in [6.07, 6.45) is -1.86. The van der Waals surface area contributed by atoms with Gasteiger partial charge >= 0.3 is 6.18 Å². The minimum Gasteiger partial charge on any atom is -0.328 e. The van der Waals surface area contributed by atoms with E-state index in [9.17, 15) is 18.0 Å². The third-order valence-corrected chi connectivity index (χ3v) is 3.74. The molecule has 0 unspecified atom stereocenters. The average molecular weight is 331 g/mol. The van der Waals surface area contributed by atoms with E-state index in [4.69, 9.17) is 0 Å². The van der Waals surface area contributed by atoms with Crippen LogP contribution in [0.1, 0.15) is 69.1 Å². The van der Waals surface area contributed by atoms with Gasteiger partial charge in [0.15, 0.2) is 5.69 Å². The fraction of sp³-hybridized carbons (Fsp3) is 0.750. The molecule has 1 aliphatic carbocycles. The smallest absolute Gasteiger partial charge is 0.328 e. The van der Waals surface area contributed by atoms with E-state index in [1.165, 1.54) is 0 Å². The Labute approximate surface area is 134 Å². The van der Waals surface area contributed by atoms with Crippen LogP contribution in [0.25, 0.3) is 0 Å². The fourth-order valence-electron chi connectivity index (χ4n) is 2.61. The summed E-state index contributed by atoms with van der Waals surface area (Å²) in [5.41, 5.74) is 0.750. The summed E-state index contributed by atoms with van der Waals surface area (Å²) in [6.45, 7) is 6.50. The van der Waals surface area contributed by atoms with E-state index < -0.39 is 18.6 Å². The standard InChI is InChI=1S/C16H24F3N3O/c1-5-8-21(10-16(17,18)19)14(23)12-9-13(11-6-7-11)22(20-12)15(2,3)4/h9,11H,5-8,10H2,1-4H3. The van der Waals surface area contributed by atoms with Gasteiger partial charge in [0.05, 0.1) is 5.54 Å². The first-order valence-electron chi connectivity index (χ1n) is 7.99. The maximum absolute atomic E-state index is 12.7. The van der Waals surface area contributed by atoms with Crippen LogP contribution in [0, 0.1) is 0 Å². The molecule has 0 saturated heterocycles. The summed E-state index contributed by atoms with van der Waals surface area (Å²) in [7, 11) is 0. The zero-order chi connectivity index (χ0) is 17.4. The van der Waals surface area contributed by atoms with Gasteiger partial charge in [0.25, 0.3) is 5.91 Å². The van der Waals surface area contributed by atoms with Crippen molar-refractivity contribution >= 4 is 5.91 Å². The van der Waals surface area contributed by atoms with Crippen LogP contribution in [-0.2, 0) is 5.54 Å². The van der Waals surface area contributed by atoms with Crippen molar-refractivity contribution in [2.24, 2.45) is 0 Å². The predicted octanol–water partition coefficient (Wildman–Crippen LogP) is 3.93. The number of amides is 1. The van der Waals surface area contributed by atoms with E-state index in [-0.39, 0.29) is 17.8 Å². The third-order valence-electron chi connectivity index (χ3n) is 3.74. The highest BCUT2D eigenvalue weighted by atomic mass is 19.4. The zero-order valence-electron chi connectivity index (χ0n) is 14.1. The molecule has 1 aromatic heterocycles. The number of alkyl halides is 3. The SMILES string of the molecule is CCCN(CC(F)(F)F)C(=O)c1cc(C2CC2)n(C(C)(C)C)n1. The summed E-state index contributed by atoms with van der Waals surface area (Å²) in [6, 6.07) is 1.67. The van der Waals surface area contributed by atoms with Crippen molar-refractivity contribution in [2.45, 2.75) is 64.6 Å². The van der Waals surface area contributed by atoms with Gasteiger partial charge in [-0.05, 0) is 46.1 Å². The Morgan fingerprint density at radius 1 is 1.35 bits per heavy atom. The summed E-state index contributed by atoms with van der Waals surface area (Å²) in [4.78, 5) is 13.3. The molecule has 0 aromatic carbocycles. The molecule has 1 amide bonds. The van der Waals surface area contributed by atoms with E-state index in [2.05, 4.69) is 5.10 Å². The number of nitrogens with zero attached hydrogens (tertiary/aromatic N) is 3. The van der Waals surface area contributed by atoms with Gasteiger partial charge < -0.3 is 4.90 Å². The highest BCUT2D eigenvalue weighted by Crippen LogP contribution is 2.41. The predicted molar refractivity (Wildman–Crippen MR) is 81.4 cm³/mol. The largest absolute Gasteiger partial charge is 0.406 e. The molecule has 0 N–H and O–H groups in total. The molecule has 0 atom stereocenters.